The van der Waals surface area contributed by atoms with Crippen molar-refractivity contribution >= 4 is 17.7 Å². The van der Waals surface area contributed by atoms with Crippen molar-refractivity contribution in [1.82, 2.24) is 20.0 Å². The SMILES string of the molecule is Cc1noc(C2CCCN(C(=O)c3ccc(Sc4ccccn4)cc3)C2)n1. The minimum absolute atomic E-state index is 0.0466. The van der Waals surface area contributed by atoms with Gasteiger partial charge in [0.2, 0.25) is 5.89 Å². The number of hydrogen-bond donors (Lipinski definition) is 0. The summed E-state index contributed by atoms with van der Waals surface area (Å²) in [5.74, 6) is 1.43. The Morgan fingerprint density at radius 1 is 1.22 bits per heavy atom. The second-order valence-electron chi connectivity index (χ2n) is 6.56. The van der Waals surface area contributed by atoms with Crippen LogP contribution in [-0.2, 0) is 0 Å². The Kier molecular flexibility index (Phi) is 5.20. The summed E-state index contributed by atoms with van der Waals surface area (Å²) in [6, 6.07) is 13.5. The Labute approximate surface area is 162 Å². The van der Waals surface area contributed by atoms with E-state index >= 15 is 0 Å². The summed E-state index contributed by atoms with van der Waals surface area (Å²) < 4.78 is 5.30. The zero-order valence-corrected chi connectivity index (χ0v) is 15.9. The minimum atomic E-state index is 0.0466. The summed E-state index contributed by atoms with van der Waals surface area (Å²) >= 11 is 1.58. The second kappa shape index (κ2) is 7.92. The largest absolute Gasteiger partial charge is 0.339 e. The Balaban J connectivity index is 1.42. The molecule has 27 heavy (non-hydrogen) atoms. The lowest BCUT2D eigenvalue weighted by Gasteiger charge is -2.31. The average Bonchev–Trinajstić information content (AvgIpc) is 3.15. The molecular formula is C20H20N4O2S. The predicted octanol–water partition coefficient (Wildman–Crippen LogP) is 3.94. The van der Waals surface area contributed by atoms with Crippen molar-refractivity contribution in [3.8, 4) is 0 Å². The summed E-state index contributed by atoms with van der Waals surface area (Å²) in [4.78, 5) is 24.5. The average molecular weight is 380 g/mol. The molecule has 1 amide bonds. The van der Waals surface area contributed by atoms with Crippen molar-refractivity contribution in [3.05, 3.63) is 65.9 Å². The molecule has 1 unspecified atom stereocenters. The minimum Gasteiger partial charge on any atom is -0.339 e. The van der Waals surface area contributed by atoms with E-state index < -0.39 is 0 Å². The van der Waals surface area contributed by atoms with Gasteiger partial charge in [-0.15, -0.1) is 0 Å². The number of likely N-dealkylation sites (tertiary alicyclic amines) is 1. The van der Waals surface area contributed by atoms with Crippen molar-refractivity contribution in [2.45, 2.75) is 35.6 Å². The molecule has 7 heteroatoms. The third-order valence-electron chi connectivity index (χ3n) is 4.56. The van der Waals surface area contributed by atoms with Gasteiger partial charge >= 0.3 is 0 Å². The number of pyridine rings is 1. The first kappa shape index (κ1) is 17.7. The maximum absolute atomic E-state index is 12.9. The van der Waals surface area contributed by atoms with E-state index in [0.29, 0.717) is 23.8 Å². The summed E-state index contributed by atoms with van der Waals surface area (Å²) in [6.45, 7) is 3.18. The van der Waals surface area contributed by atoms with Crippen LogP contribution in [0.3, 0.4) is 0 Å². The molecule has 1 fully saturated rings. The Morgan fingerprint density at radius 3 is 2.78 bits per heavy atom. The summed E-state index contributed by atoms with van der Waals surface area (Å²) in [6.07, 6.45) is 3.68. The van der Waals surface area contributed by atoms with Gasteiger partial charge in [-0.05, 0) is 56.2 Å². The van der Waals surface area contributed by atoms with Gasteiger partial charge in [-0.3, -0.25) is 4.79 Å². The maximum atomic E-state index is 12.9. The smallest absolute Gasteiger partial charge is 0.253 e. The van der Waals surface area contributed by atoms with Crippen LogP contribution < -0.4 is 0 Å². The summed E-state index contributed by atoms with van der Waals surface area (Å²) in [5.41, 5.74) is 0.697. The zero-order valence-electron chi connectivity index (χ0n) is 15.0. The molecule has 1 aromatic carbocycles. The molecule has 138 valence electrons. The number of aromatic nitrogens is 3. The number of carbonyl (C=O) groups is 1. The van der Waals surface area contributed by atoms with Crippen LogP contribution >= 0.6 is 11.8 Å². The molecule has 2 aromatic heterocycles. The summed E-state index contributed by atoms with van der Waals surface area (Å²) in [5, 5.41) is 4.80. The van der Waals surface area contributed by atoms with Crippen LogP contribution in [0.1, 0.15) is 40.8 Å². The van der Waals surface area contributed by atoms with E-state index in [1.165, 1.54) is 0 Å². The number of piperidine rings is 1. The Morgan fingerprint density at radius 2 is 2.07 bits per heavy atom. The number of aryl methyl sites for hydroxylation is 1. The first-order valence-electron chi connectivity index (χ1n) is 8.97. The highest BCUT2D eigenvalue weighted by molar-refractivity contribution is 7.99. The molecule has 0 bridgehead atoms. The quantitative estimate of drug-likeness (QED) is 0.683. The molecule has 1 saturated heterocycles. The van der Waals surface area contributed by atoms with Gasteiger partial charge in [0, 0.05) is 29.7 Å². The molecule has 1 aliphatic rings. The number of carbonyl (C=O) groups excluding carboxylic acids is 1. The van der Waals surface area contributed by atoms with Crippen LogP contribution in [0.25, 0.3) is 0 Å². The van der Waals surface area contributed by atoms with Crippen LogP contribution in [0, 0.1) is 6.92 Å². The van der Waals surface area contributed by atoms with Crippen molar-refractivity contribution in [1.29, 1.82) is 0 Å². The molecule has 0 aliphatic carbocycles. The number of hydrogen-bond acceptors (Lipinski definition) is 6. The van der Waals surface area contributed by atoms with Crippen LogP contribution in [0.15, 0.2) is 63.1 Å². The lowest BCUT2D eigenvalue weighted by molar-refractivity contribution is 0.0695. The molecule has 4 rings (SSSR count). The van der Waals surface area contributed by atoms with Gasteiger partial charge < -0.3 is 9.42 Å². The maximum Gasteiger partial charge on any atom is 0.253 e. The van der Waals surface area contributed by atoms with Crippen molar-refractivity contribution in [2.75, 3.05) is 13.1 Å². The van der Waals surface area contributed by atoms with Gasteiger partial charge in [-0.2, -0.15) is 4.98 Å². The standard InChI is InChI=1S/C20H20N4O2S/c1-14-22-19(26-23-14)16-5-4-12-24(13-16)20(25)15-7-9-17(10-8-15)27-18-6-2-3-11-21-18/h2-3,6-11,16H,4-5,12-13H2,1H3. The third kappa shape index (κ3) is 4.19. The van der Waals surface area contributed by atoms with Crippen LogP contribution in [0.2, 0.25) is 0 Å². The fourth-order valence-electron chi connectivity index (χ4n) is 3.22. The van der Waals surface area contributed by atoms with Gasteiger partial charge in [-0.1, -0.05) is 23.0 Å². The molecule has 0 radical (unpaired) electrons. The van der Waals surface area contributed by atoms with Crippen molar-refractivity contribution < 1.29 is 9.32 Å². The zero-order chi connectivity index (χ0) is 18.6. The lowest BCUT2D eigenvalue weighted by Crippen LogP contribution is -2.39. The van der Waals surface area contributed by atoms with E-state index in [9.17, 15) is 4.79 Å². The van der Waals surface area contributed by atoms with Crippen molar-refractivity contribution in [3.63, 3.8) is 0 Å². The first-order valence-corrected chi connectivity index (χ1v) is 9.79. The normalized spacial score (nSPS) is 17.1. The fourth-order valence-corrected chi connectivity index (χ4v) is 3.99. The van der Waals surface area contributed by atoms with E-state index in [1.807, 2.05) is 54.3 Å². The lowest BCUT2D eigenvalue weighted by atomic mass is 9.97. The molecule has 0 spiro atoms. The fraction of sp³-hybridized carbons (Fsp3) is 0.300. The topological polar surface area (TPSA) is 72.1 Å². The van der Waals surface area contributed by atoms with Gasteiger partial charge in [-0.25, -0.2) is 4.98 Å². The highest BCUT2D eigenvalue weighted by Gasteiger charge is 2.28. The molecule has 3 aromatic rings. The van der Waals surface area contributed by atoms with Crippen molar-refractivity contribution in [2.24, 2.45) is 0 Å². The van der Waals surface area contributed by atoms with Crippen LogP contribution in [0.5, 0.6) is 0 Å². The predicted molar refractivity (Wildman–Crippen MR) is 102 cm³/mol. The highest BCUT2D eigenvalue weighted by Crippen LogP contribution is 2.28. The van der Waals surface area contributed by atoms with Gasteiger partial charge in [0.1, 0.15) is 5.03 Å². The number of benzene rings is 1. The van der Waals surface area contributed by atoms with Gasteiger partial charge in [0.25, 0.3) is 5.91 Å². The first-order chi connectivity index (χ1) is 13.2. The molecule has 1 aliphatic heterocycles. The third-order valence-corrected chi connectivity index (χ3v) is 5.52. The van der Waals surface area contributed by atoms with E-state index in [0.717, 1.165) is 29.3 Å². The Hall–Kier alpha value is -2.67. The van der Waals surface area contributed by atoms with E-state index in [2.05, 4.69) is 15.1 Å². The number of amides is 1. The van der Waals surface area contributed by atoms with Crippen LogP contribution in [0.4, 0.5) is 0 Å². The second-order valence-corrected chi connectivity index (χ2v) is 7.66. The molecule has 0 N–H and O–H groups in total. The molecule has 0 saturated carbocycles. The molecule has 1 atom stereocenters. The van der Waals surface area contributed by atoms with E-state index in [1.54, 1.807) is 18.0 Å². The molecule has 6 nitrogen and oxygen atoms in total. The highest BCUT2D eigenvalue weighted by atomic mass is 32.2. The van der Waals surface area contributed by atoms with Gasteiger partial charge in [0.15, 0.2) is 5.82 Å². The monoisotopic (exact) mass is 380 g/mol. The molecular weight excluding hydrogens is 360 g/mol. The Bertz CT molecular complexity index is 911. The summed E-state index contributed by atoms with van der Waals surface area (Å²) in [7, 11) is 0. The van der Waals surface area contributed by atoms with Gasteiger partial charge in [0.05, 0.1) is 5.92 Å². The number of nitrogens with zero attached hydrogens (tertiary/aromatic N) is 4. The number of rotatable bonds is 4. The van der Waals surface area contributed by atoms with E-state index in [-0.39, 0.29) is 11.8 Å². The molecule has 3 heterocycles. The van der Waals surface area contributed by atoms with E-state index in [4.69, 9.17) is 4.52 Å². The van der Waals surface area contributed by atoms with Crippen LogP contribution in [-0.4, -0.2) is 39.0 Å².